The fraction of sp³-hybridized carbons (Fsp3) is 0.533. The van der Waals surface area contributed by atoms with E-state index in [-0.39, 0.29) is 0 Å². The van der Waals surface area contributed by atoms with Crippen LogP contribution in [0.4, 0.5) is 11.4 Å². The molecule has 5 heteroatoms. The van der Waals surface area contributed by atoms with Crippen molar-refractivity contribution in [2.45, 2.75) is 24.8 Å². The Hall–Kier alpha value is -1.75. The van der Waals surface area contributed by atoms with Crippen molar-refractivity contribution in [3.8, 4) is 0 Å². The maximum absolute atomic E-state index is 6.20. The third kappa shape index (κ3) is 2.02. The topological polar surface area (TPSA) is 61.2 Å². The van der Waals surface area contributed by atoms with Gasteiger partial charge in [-0.15, -0.1) is 0 Å². The molecule has 0 spiro atoms. The van der Waals surface area contributed by atoms with Crippen LogP contribution in [0.5, 0.6) is 0 Å². The zero-order chi connectivity index (χ0) is 14.3. The zero-order valence-electron chi connectivity index (χ0n) is 12.5. The quantitative estimate of drug-likeness (QED) is 0.837. The van der Waals surface area contributed by atoms with Crippen molar-refractivity contribution in [2.24, 2.45) is 0 Å². The molecule has 5 nitrogen and oxygen atoms in total. The molecule has 2 aromatic rings. The molecule has 3 rings (SSSR count). The Morgan fingerprint density at radius 3 is 2.65 bits per heavy atom. The van der Waals surface area contributed by atoms with E-state index < -0.39 is 0 Å². The van der Waals surface area contributed by atoms with E-state index in [2.05, 4.69) is 47.2 Å². The molecule has 0 bridgehead atoms. The minimum atomic E-state index is 0.296. The lowest BCUT2D eigenvalue weighted by Gasteiger charge is -2.49. The largest absolute Gasteiger partial charge is 0.397 e. The summed E-state index contributed by atoms with van der Waals surface area (Å²) in [5, 5.41) is 8.14. The summed E-state index contributed by atoms with van der Waals surface area (Å²) in [5.74, 6) is 0. The summed E-state index contributed by atoms with van der Waals surface area (Å²) in [4.78, 5) is 4.63. The molecular weight excluding hydrogens is 250 g/mol. The van der Waals surface area contributed by atoms with Gasteiger partial charge in [0.15, 0.2) is 0 Å². The number of aromatic amines is 1. The van der Waals surface area contributed by atoms with Crippen LogP contribution in [0.3, 0.4) is 0 Å². The monoisotopic (exact) mass is 273 g/mol. The van der Waals surface area contributed by atoms with Crippen LogP contribution >= 0.6 is 0 Å². The predicted octanol–water partition coefficient (Wildman–Crippen LogP) is 2.07. The number of anilines is 2. The van der Waals surface area contributed by atoms with Gasteiger partial charge in [-0.3, -0.25) is 5.10 Å². The van der Waals surface area contributed by atoms with Crippen molar-refractivity contribution >= 4 is 22.3 Å². The average Bonchev–Trinajstić information content (AvgIpc) is 2.78. The van der Waals surface area contributed by atoms with Crippen LogP contribution < -0.4 is 10.6 Å². The van der Waals surface area contributed by atoms with Gasteiger partial charge in [0.25, 0.3) is 0 Å². The predicted molar refractivity (Wildman–Crippen MR) is 84.0 cm³/mol. The van der Waals surface area contributed by atoms with Gasteiger partial charge < -0.3 is 15.5 Å². The molecule has 0 atom stereocenters. The Labute approximate surface area is 119 Å². The number of nitrogens with two attached hydrogens (primary N) is 1. The van der Waals surface area contributed by atoms with E-state index in [0.29, 0.717) is 5.54 Å². The smallest absolute Gasteiger partial charge is 0.0672 e. The fourth-order valence-corrected chi connectivity index (χ4v) is 3.19. The lowest BCUT2D eigenvalue weighted by Crippen LogP contribution is -2.56. The molecule has 20 heavy (non-hydrogen) atoms. The highest BCUT2D eigenvalue weighted by molar-refractivity contribution is 5.88. The van der Waals surface area contributed by atoms with E-state index in [1.54, 1.807) is 0 Å². The Bertz CT molecular complexity index is 612. The van der Waals surface area contributed by atoms with Crippen molar-refractivity contribution in [1.29, 1.82) is 0 Å². The first-order chi connectivity index (χ1) is 9.52. The first-order valence-corrected chi connectivity index (χ1v) is 7.13. The van der Waals surface area contributed by atoms with E-state index in [0.717, 1.165) is 28.8 Å². The van der Waals surface area contributed by atoms with Crippen molar-refractivity contribution in [3.05, 3.63) is 18.3 Å². The van der Waals surface area contributed by atoms with E-state index in [1.807, 2.05) is 12.3 Å². The normalized spacial score (nSPS) is 17.4. The number of likely N-dealkylation sites (N-methyl/N-ethyl adjacent to an activating group) is 2. The van der Waals surface area contributed by atoms with Crippen molar-refractivity contribution < 1.29 is 0 Å². The highest BCUT2D eigenvalue weighted by atomic mass is 15.2. The Morgan fingerprint density at radius 1 is 1.30 bits per heavy atom. The molecule has 1 fully saturated rings. The van der Waals surface area contributed by atoms with Crippen LogP contribution in [0, 0.1) is 0 Å². The van der Waals surface area contributed by atoms with E-state index in [1.165, 1.54) is 19.3 Å². The number of nitrogens with one attached hydrogen (secondary N) is 1. The molecule has 3 N–H and O–H groups in total. The van der Waals surface area contributed by atoms with Crippen LogP contribution in [0.15, 0.2) is 18.3 Å². The van der Waals surface area contributed by atoms with Gasteiger partial charge in [-0.2, -0.15) is 5.10 Å². The highest BCUT2D eigenvalue weighted by Crippen LogP contribution is 2.38. The van der Waals surface area contributed by atoms with Gasteiger partial charge in [0.2, 0.25) is 0 Å². The van der Waals surface area contributed by atoms with Crippen molar-refractivity contribution in [2.75, 3.05) is 38.3 Å². The second-order valence-corrected chi connectivity index (χ2v) is 6.20. The molecule has 1 aliphatic carbocycles. The van der Waals surface area contributed by atoms with Gasteiger partial charge in [-0.05, 0) is 45.5 Å². The van der Waals surface area contributed by atoms with E-state index >= 15 is 0 Å². The maximum atomic E-state index is 6.20. The molecule has 1 aliphatic rings. The van der Waals surface area contributed by atoms with Crippen LogP contribution in [0.1, 0.15) is 19.3 Å². The second kappa shape index (κ2) is 4.66. The molecule has 108 valence electrons. The summed E-state index contributed by atoms with van der Waals surface area (Å²) in [7, 11) is 6.47. The molecule has 0 saturated heterocycles. The summed E-state index contributed by atoms with van der Waals surface area (Å²) in [5.41, 5.74) is 9.43. The van der Waals surface area contributed by atoms with Gasteiger partial charge in [0.05, 0.1) is 23.1 Å². The number of rotatable bonds is 4. The number of hydrogen-bond donors (Lipinski definition) is 2. The van der Waals surface area contributed by atoms with Crippen LogP contribution in [0.2, 0.25) is 0 Å². The summed E-state index contributed by atoms with van der Waals surface area (Å²) in [6.07, 6.45) is 5.65. The highest BCUT2D eigenvalue weighted by Gasteiger charge is 2.40. The summed E-state index contributed by atoms with van der Waals surface area (Å²) in [6, 6.07) is 4.09. The second-order valence-electron chi connectivity index (χ2n) is 6.20. The summed E-state index contributed by atoms with van der Waals surface area (Å²) < 4.78 is 0. The number of nitrogens with zero attached hydrogens (tertiary/aromatic N) is 3. The van der Waals surface area contributed by atoms with Gasteiger partial charge in [0, 0.05) is 24.5 Å². The number of benzene rings is 1. The number of hydrogen-bond acceptors (Lipinski definition) is 4. The summed E-state index contributed by atoms with van der Waals surface area (Å²) >= 11 is 0. The third-order valence-electron chi connectivity index (χ3n) is 4.76. The molecule has 1 aromatic heterocycles. The third-order valence-corrected chi connectivity index (χ3v) is 4.76. The number of nitrogen functional groups attached to an aromatic ring is 1. The lowest BCUT2D eigenvalue weighted by atomic mass is 9.75. The van der Waals surface area contributed by atoms with Gasteiger partial charge in [-0.25, -0.2) is 0 Å². The van der Waals surface area contributed by atoms with Crippen LogP contribution in [-0.4, -0.2) is 48.3 Å². The minimum absolute atomic E-state index is 0.296. The zero-order valence-corrected chi connectivity index (χ0v) is 12.5. The molecule has 1 heterocycles. The first-order valence-electron chi connectivity index (χ1n) is 7.13. The fourth-order valence-electron chi connectivity index (χ4n) is 3.19. The molecule has 1 aromatic carbocycles. The summed E-state index contributed by atoms with van der Waals surface area (Å²) in [6.45, 7) is 1.00. The number of H-pyrrole nitrogens is 1. The number of fused-ring (bicyclic) bond motifs is 1. The Morgan fingerprint density at radius 2 is 2.05 bits per heavy atom. The van der Waals surface area contributed by atoms with E-state index in [9.17, 15) is 0 Å². The average molecular weight is 273 g/mol. The van der Waals surface area contributed by atoms with Crippen molar-refractivity contribution in [3.63, 3.8) is 0 Å². The molecule has 1 saturated carbocycles. The molecule has 0 unspecified atom stereocenters. The molecule has 0 amide bonds. The molecule has 0 radical (unpaired) electrons. The lowest BCUT2D eigenvalue weighted by molar-refractivity contribution is 0.0683. The van der Waals surface area contributed by atoms with Gasteiger partial charge in [0.1, 0.15) is 0 Å². The van der Waals surface area contributed by atoms with Crippen LogP contribution in [-0.2, 0) is 0 Å². The maximum Gasteiger partial charge on any atom is 0.0672 e. The first kappa shape index (κ1) is 13.2. The van der Waals surface area contributed by atoms with Gasteiger partial charge in [-0.1, -0.05) is 0 Å². The molecule has 0 aliphatic heterocycles. The number of aromatic nitrogens is 2. The standard InChI is InChI=1S/C15H23N5/c1-19(2)15(5-4-6-15)10-20(3)14-8-13-11(7-12(14)16)9-17-18-13/h7-9H,4-6,10,16H2,1-3H3,(H,17,18). The van der Waals surface area contributed by atoms with Crippen molar-refractivity contribution in [1.82, 2.24) is 15.1 Å². The van der Waals surface area contributed by atoms with E-state index in [4.69, 9.17) is 5.73 Å². The van der Waals surface area contributed by atoms with Crippen LogP contribution in [0.25, 0.3) is 10.9 Å². The molecular formula is C15H23N5. The Balaban J connectivity index is 1.88. The van der Waals surface area contributed by atoms with Gasteiger partial charge >= 0.3 is 0 Å². The SMILES string of the molecule is CN(CC1(N(C)C)CCC1)c1cc2[nH]ncc2cc1N. The minimum Gasteiger partial charge on any atom is -0.397 e. The Kier molecular flexibility index (Phi) is 3.09.